The van der Waals surface area contributed by atoms with Crippen molar-refractivity contribution in [2.24, 2.45) is 0 Å². The van der Waals surface area contributed by atoms with Crippen molar-refractivity contribution in [3.8, 4) is 0 Å². The SMILES string of the molecule is CC(=O)c1ccc(N2CCN(C(=O)CSc3nccnc3Sc3cccc(C)c3)CC2)cc1. The molecule has 0 bridgehead atoms. The summed E-state index contributed by atoms with van der Waals surface area (Å²) in [4.78, 5) is 38.5. The van der Waals surface area contributed by atoms with Crippen LogP contribution in [0.15, 0.2) is 75.9 Å². The Labute approximate surface area is 202 Å². The zero-order valence-corrected chi connectivity index (χ0v) is 20.4. The molecular formula is C25H26N4O2S2. The van der Waals surface area contributed by atoms with Crippen LogP contribution in [0.2, 0.25) is 0 Å². The number of hydrogen-bond donors (Lipinski definition) is 0. The summed E-state index contributed by atoms with van der Waals surface area (Å²) in [6.07, 6.45) is 3.36. The molecule has 0 N–H and O–H groups in total. The highest BCUT2D eigenvalue weighted by Crippen LogP contribution is 2.33. The zero-order valence-electron chi connectivity index (χ0n) is 18.7. The van der Waals surface area contributed by atoms with E-state index in [0.717, 1.165) is 33.7 Å². The highest BCUT2D eigenvalue weighted by Gasteiger charge is 2.22. The molecule has 0 unspecified atom stereocenters. The lowest BCUT2D eigenvalue weighted by atomic mass is 10.1. The van der Waals surface area contributed by atoms with E-state index in [1.165, 1.54) is 17.3 Å². The minimum atomic E-state index is 0.0676. The second-order valence-electron chi connectivity index (χ2n) is 7.84. The van der Waals surface area contributed by atoms with Crippen molar-refractivity contribution in [2.45, 2.75) is 28.8 Å². The van der Waals surface area contributed by atoms with Gasteiger partial charge in [0.1, 0.15) is 10.1 Å². The smallest absolute Gasteiger partial charge is 0.233 e. The number of carbonyl (C=O) groups is 2. The maximum Gasteiger partial charge on any atom is 0.233 e. The predicted molar refractivity (Wildman–Crippen MR) is 133 cm³/mol. The van der Waals surface area contributed by atoms with Crippen LogP contribution in [-0.2, 0) is 4.79 Å². The van der Waals surface area contributed by atoms with Crippen LogP contribution in [0.3, 0.4) is 0 Å². The summed E-state index contributed by atoms with van der Waals surface area (Å²) in [5.74, 6) is 0.523. The fraction of sp³-hybridized carbons (Fsp3) is 0.280. The Bertz CT molecular complexity index is 1130. The van der Waals surface area contributed by atoms with Gasteiger partial charge in [-0.2, -0.15) is 0 Å². The lowest BCUT2D eigenvalue weighted by molar-refractivity contribution is -0.128. The van der Waals surface area contributed by atoms with Gasteiger partial charge in [0.2, 0.25) is 5.91 Å². The highest BCUT2D eigenvalue weighted by atomic mass is 32.2. The molecule has 1 aliphatic rings. The van der Waals surface area contributed by atoms with Gasteiger partial charge in [0.05, 0.1) is 5.75 Å². The van der Waals surface area contributed by atoms with E-state index in [9.17, 15) is 9.59 Å². The number of benzene rings is 2. The molecular weight excluding hydrogens is 452 g/mol. The first kappa shape index (κ1) is 23.3. The van der Waals surface area contributed by atoms with Crippen molar-refractivity contribution in [1.82, 2.24) is 14.9 Å². The maximum absolute atomic E-state index is 12.8. The largest absolute Gasteiger partial charge is 0.368 e. The Morgan fingerprint density at radius 1 is 0.939 bits per heavy atom. The molecule has 4 rings (SSSR count). The average molecular weight is 479 g/mol. The molecule has 1 fully saturated rings. The quantitative estimate of drug-likeness (QED) is 0.364. The van der Waals surface area contributed by atoms with E-state index in [1.807, 2.05) is 35.2 Å². The van der Waals surface area contributed by atoms with Crippen molar-refractivity contribution in [2.75, 3.05) is 36.8 Å². The van der Waals surface area contributed by atoms with E-state index in [1.54, 1.807) is 31.1 Å². The van der Waals surface area contributed by atoms with Gasteiger partial charge < -0.3 is 9.80 Å². The van der Waals surface area contributed by atoms with Gasteiger partial charge in [0, 0.05) is 54.7 Å². The van der Waals surface area contributed by atoms with Crippen molar-refractivity contribution < 1.29 is 9.59 Å². The average Bonchev–Trinajstić information content (AvgIpc) is 2.83. The van der Waals surface area contributed by atoms with Crippen LogP contribution < -0.4 is 4.90 Å². The van der Waals surface area contributed by atoms with Crippen molar-refractivity contribution >= 4 is 40.9 Å². The van der Waals surface area contributed by atoms with Gasteiger partial charge in [-0.25, -0.2) is 9.97 Å². The summed E-state index contributed by atoms with van der Waals surface area (Å²) >= 11 is 3.01. The molecule has 1 amide bonds. The van der Waals surface area contributed by atoms with E-state index >= 15 is 0 Å². The summed E-state index contributed by atoms with van der Waals surface area (Å²) in [6.45, 7) is 6.54. The molecule has 1 aliphatic heterocycles. The van der Waals surface area contributed by atoms with Crippen LogP contribution in [0, 0.1) is 6.92 Å². The Morgan fingerprint density at radius 3 is 2.30 bits per heavy atom. The normalized spacial score (nSPS) is 13.8. The van der Waals surface area contributed by atoms with E-state index in [4.69, 9.17) is 0 Å². The summed E-state index contributed by atoms with van der Waals surface area (Å²) < 4.78 is 0. The number of ketones is 1. The number of thioether (sulfide) groups is 1. The molecule has 0 spiro atoms. The zero-order chi connectivity index (χ0) is 23.2. The van der Waals surface area contributed by atoms with Crippen LogP contribution in [0.25, 0.3) is 0 Å². The molecule has 170 valence electrons. The topological polar surface area (TPSA) is 66.4 Å². The van der Waals surface area contributed by atoms with Gasteiger partial charge in [0.25, 0.3) is 0 Å². The van der Waals surface area contributed by atoms with Gasteiger partial charge in [-0.15, -0.1) is 0 Å². The van der Waals surface area contributed by atoms with E-state index < -0.39 is 0 Å². The monoisotopic (exact) mass is 478 g/mol. The van der Waals surface area contributed by atoms with E-state index in [-0.39, 0.29) is 11.7 Å². The first-order chi connectivity index (χ1) is 16.0. The van der Waals surface area contributed by atoms with E-state index in [2.05, 4.69) is 40.0 Å². The number of aryl methyl sites for hydroxylation is 1. The van der Waals surface area contributed by atoms with Gasteiger partial charge in [-0.1, -0.05) is 41.2 Å². The predicted octanol–water partition coefficient (Wildman–Crippen LogP) is 4.58. The van der Waals surface area contributed by atoms with Crippen molar-refractivity contribution in [3.63, 3.8) is 0 Å². The van der Waals surface area contributed by atoms with Gasteiger partial charge >= 0.3 is 0 Å². The molecule has 0 aliphatic carbocycles. The lowest BCUT2D eigenvalue weighted by Gasteiger charge is -2.36. The maximum atomic E-state index is 12.8. The molecule has 0 saturated carbocycles. The van der Waals surface area contributed by atoms with Gasteiger partial charge in [-0.05, 0) is 50.2 Å². The molecule has 6 nitrogen and oxygen atoms in total. The Morgan fingerprint density at radius 2 is 1.64 bits per heavy atom. The third-order valence-corrected chi connectivity index (χ3v) is 7.52. The minimum absolute atomic E-state index is 0.0676. The molecule has 0 radical (unpaired) electrons. The first-order valence-corrected chi connectivity index (χ1v) is 12.6. The number of piperazine rings is 1. The number of hydrogen-bond acceptors (Lipinski definition) is 7. The van der Waals surface area contributed by atoms with Gasteiger partial charge in [0.15, 0.2) is 5.78 Å². The molecule has 2 aromatic carbocycles. The number of amides is 1. The van der Waals surface area contributed by atoms with Crippen LogP contribution in [0.5, 0.6) is 0 Å². The third kappa shape index (κ3) is 6.15. The molecule has 33 heavy (non-hydrogen) atoms. The molecule has 2 heterocycles. The number of nitrogens with zero attached hydrogens (tertiary/aromatic N) is 4. The third-order valence-electron chi connectivity index (χ3n) is 5.44. The van der Waals surface area contributed by atoms with Crippen LogP contribution in [-0.4, -0.2) is 58.5 Å². The summed E-state index contributed by atoms with van der Waals surface area (Å²) in [5, 5.41) is 1.60. The highest BCUT2D eigenvalue weighted by molar-refractivity contribution is 8.02. The standard InChI is InChI=1S/C25H26N4O2S2/c1-18-4-3-5-22(16-18)33-25-24(26-10-11-27-25)32-17-23(31)29-14-12-28(13-15-29)21-8-6-20(7-9-21)19(2)30/h3-11,16H,12-15,17H2,1-2H3. The summed E-state index contributed by atoms with van der Waals surface area (Å²) in [7, 11) is 0. The Balaban J connectivity index is 1.31. The number of anilines is 1. The second kappa shape index (κ2) is 10.9. The molecule has 3 aromatic rings. The lowest BCUT2D eigenvalue weighted by Crippen LogP contribution is -2.49. The van der Waals surface area contributed by atoms with Gasteiger partial charge in [-0.3, -0.25) is 9.59 Å². The fourth-order valence-electron chi connectivity index (χ4n) is 3.61. The minimum Gasteiger partial charge on any atom is -0.368 e. The van der Waals surface area contributed by atoms with Crippen LogP contribution in [0.1, 0.15) is 22.8 Å². The second-order valence-corrected chi connectivity index (χ2v) is 9.87. The molecule has 0 atom stereocenters. The number of Topliss-reactive ketones (excluding diaryl/α,β-unsaturated/α-hetero) is 1. The molecule has 1 aromatic heterocycles. The van der Waals surface area contributed by atoms with Crippen molar-refractivity contribution in [3.05, 3.63) is 72.1 Å². The summed E-state index contributed by atoms with van der Waals surface area (Å²) in [5.41, 5.74) is 2.99. The van der Waals surface area contributed by atoms with Crippen LogP contribution in [0.4, 0.5) is 5.69 Å². The first-order valence-electron chi connectivity index (χ1n) is 10.8. The Hall–Kier alpha value is -2.84. The number of aromatic nitrogens is 2. The molecule has 8 heteroatoms. The van der Waals surface area contributed by atoms with Crippen LogP contribution >= 0.6 is 23.5 Å². The molecule has 1 saturated heterocycles. The number of carbonyl (C=O) groups excluding carboxylic acids is 2. The van der Waals surface area contributed by atoms with Crippen molar-refractivity contribution in [1.29, 1.82) is 0 Å². The Kier molecular flexibility index (Phi) is 7.67. The summed E-state index contributed by atoms with van der Waals surface area (Å²) in [6, 6.07) is 15.9. The fourth-order valence-corrected chi connectivity index (χ4v) is 5.54. The van der Waals surface area contributed by atoms with E-state index in [0.29, 0.717) is 24.4 Å². The number of rotatable bonds is 7.